The van der Waals surface area contributed by atoms with Crippen LogP contribution in [0, 0.1) is 5.82 Å². The molecule has 4 rings (SSSR count). The average molecular weight is 366 g/mol. The lowest BCUT2D eigenvalue weighted by atomic mass is 10.1. The maximum absolute atomic E-state index is 13.2. The normalized spacial score (nSPS) is 11.7. The Morgan fingerprint density at radius 3 is 2.63 bits per heavy atom. The van der Waals surface area contributed by atoms with Crippen LogP contribution >= 0.6 is 0 Å². The van der Waals surface area contributed by atoms with Crippen molar-refractivity contribution in [3.05, 3.63) is 76.2 Å². The van der Waals surface area contributed by atoms with Gasteiger partial charge in [-0.2, -0.15) is 4.73 Å². The molecule has 0 aliphatic carbocycles. The lowest BCUT2D eigenvalue weighted by Gasteiger charge is -2.09. The van der Waals surface area contributed by atoms with E-state index in [0.29, 0.717) is 23.2 Å². The predicted octanol–water partition coefficient (Wildman–Crippen LogP) is 2.84. The zero-order valence-electron chi connectivity index (χ0n) is 15.1. The van der Waals surface area contributed by atoms with Gasteiger partial charge in [0.25, 0.3) is 0 Å². The van der Waals surface area contributed by atoms with Crippen molar-refractivity contribution in [1.29, 1.82) is 0 Å². The molecule has 3 heterocycles. The van der Waals surface area contributed by atoms with Crippen LogP contribution in [0.3, 0.4) is 0 Å². The molecule has 6 nitrogen and oxygen atoms in total. The number of nitrogens with zero attached hydrogens (tertiary/aromatic N) is 4. The van der Waals surface area contributed by atoms with Crippen molar-refractivity contribution in [2.75, 3.05) is 14.1 Å². The highest BCUT2D eigenvalue weighted by Gasteiger charge is 2.16. The molecule has 0 fully saturated rings. The van der Waals surface area contributed by atoms with E-state index in [1.165, 1.54) is 18.3 Å². The lowest BCUT2D eigenvalue weighted by Crippen LogP contribution is -2.17. The number of pyridine rings is 2. The summed E-state index contributed by atoms with van der Waals surface area (Å²) in [7, 11) is 3.96. The van der Waals surface area contributed by atoms with Crippen molar-refractivity contribution in [1.82, 2.24) is 19.2 Å². The molecule has 0 aliphatic heterocycles. The fourth-order valence-electron chi connectivity index (χ4n) is 3.43. The average Bonchev–Trinajstić information content (AvgIpc) is 2.97. The molecule has 0 bridgehead atoms. The zero-order chi connectivity index (χ0) is 19.1. The monoisotopic (exact) mass is 366 g/mol. The van der Waals surface area contributed by atoms with Gasteiger partial charge in [0, 0.05) is 36.3 Å². The van der Waals surface area contributed by atoms with E-state index in [1.807, 2.05) is 20.3 Å². The van der Waals surface area contributed by atoms with E-state index in [4.69, 9.17) is 0 Å². The van der Waals surface area contributed by atoms with Crippen LogP contribution in [0.2, 0.25) is 0 Å². The summed E-state index contributed by atoms with van der Waals surface area (Å²) in [6.07, 6.45) is 5.03. The van der Waals surface area contributed by atoms with Crippen molar-refractivity contribution >= 4 is 21.8 Å². The number of aromatic nitrogens is 3. The number of hydrogen-bond donors (Lipinski definition) is 1. The molecule has 0 spiro atoms. The third-order valence-electron chi connectivity index (χ3n) is 4.58. The second-order valence-electron chi connectivity index (χ2n) is 6.89. The maximum Gasteiger partial charge on any atom is 0.309 e. The minimum Gasteiger partial charge on any atom is -0.425 e. The highest BCUT2D eigenvalue weighted by molar-refractivity contribution is 6.06. The molecule has 0 aliphatic rings. The Balaban J connectivity index is 1.95. The van der Waals surface area contributed by atoms with Gasteiger partial charge in [-0.05, 0) is 43.4 Å². The number of halogens is 1. The van der Waals surface area contributed by atoms with Crippen molar-refractivity contribution in [3.63, 3.8) is 0 Å². The summed E-state index contributed by atoms with van der Waals surface area (Å²) in [5, 5.41) is 11.3. The molecule has 3 aromatic heterocycles. The second-order valence-corrected chi connectivity index (χ2v) is 6.89. The van der Waals surface area contributed by atoms with Crippen LogP contribution in [0.1, 0.15) is 11.1 Å². The molecular formula is C20H19FN4O2. The van der Waals surface area contributed by atoms with Crippen LogP contribution in [0.5, 0.6) is 0 Å². The summed E-state index contributed by atoms with van der Waals surface area (Å²) in [5.74, 6) is -0.266. The van der Waals surface area contributed by atoms with Crippen LogP contribution in [0.25, 0.3) is 21.8 Å². The standard InChI is InChI=1S/C20H19FN4O2/c1-23(2)11-14-12-24(10-13-3-5-15(21)6-4-13)17-9-22-19-16(18(14)17)7-8-25(27)20(19)26/h3-9,12,27H,10-11H2,1-2H3. The Labute approximate surface area is 154 Å². The van der Waals surface area contributed by atoms with Gasteiger partial charge in [-0.3, -0.25) is 4.79 Å². The summed E-state index contributed by atoms with van der Waals surface area (Å²) in [6, 6.07) is 8.10. The topological polar surface area (TPSA) is 63.3 Å². The molecule has 0 atom stereocenters. The SMILES string of the molecule is CN(C)Cc1cn(Cc2ccc(F)cc2)c2cnc3c(=O)n(O)ccc3c12. The van der Waals surface area contributed by atoms with Crippen LogP contribution in [0.15, 0.2) is 53.7 Å². The third kappa shape index (κ3) is 3.06. The summed E-state index contributed by atoms with van der Waals surface area (Å²) in [6.45, 7) is 1.25. The molecule has 1 aromatic carbocycles. The smallest absolute Gasteiger partial charge is 0.309 e. The first-order valence-electron chi connectivity index (χ1n) is 8.54. The highest BCUT2D eigenvalue weighted by atomic mass is 19.1. The molecule has 138 valence electrons. The number of rotatable bonds is 4. The van der Waals surface area contributed by atoms with Crippen LogP contribution in [-0.2, 0) is 13.1 Å². The summed E-state index contributed by atoms with van der Waals surface area (Å²) < 4.78 is 15.8. The first kappa shape index (κ1) is 17.2. The molecule has 4 aromatic rings. The van der Waals surface area contributed by atoms with Gasteiger partial charge in [0.15, 0.2) is 0 Å². The third-order valence-corrected chi connectivity index (χ3v) is 4.58. The minimum absolute atomic E-state index is 0.229. The minimum atomic E-state index is -0.545. The maximum atomic E-state index is 13.2. The molecule has 27 heavy (non-hydrogen) atoms. The van der Waals surface area contributed by atoms with Crippen LogP contribution in [0.4, 0.5) is 4.39 Å². The van der Waals surface area contributed by atoms with Gasteiger partial charge >= 0.3 is 5.56 Å². The molecule has 7 heteroatoms. The summed E-state index contributed by atoms with van der Waals surface area (Å²) >= 11 is 0. The van der Waals surface area contributed by atoms with E-state index in [0.717, 1.165) is 22.0 Å². The van der Waals surface area contributed by atoms with Crippen molar-refractivity contribution in [2.45, 2.75) is 13.1 Å². The van der Waals surface area contributed by atoms with Crippen LogP contribution < -0.4 is 5.56 Å². The van der Waals surface area contributed by atoms with Gasteiger partial charge in [0.1, 0.15) is 11.3 Å². The second kappa shape index (κ2) is 6.51. The van der Waals surface area contributed by atoms with Crippen LogP contribution in [-0.4, -0.2) is 38.5 Å². The van der Waals surface area contributed by atoms with Gasteiger partial charge in [-0.1, -0.05) is 12.1 Å². The Morgan fingerprint density at radius 2 is 1.93 bits per heavy atom. The van der Waals surface area contributed by atoms with Gasteiger partial charge in [-0.25, -0.2) is 9.37 Å². The number of fused-ring (bicyclic) bond motifs is 3. The fourth-order valence-corrected chi connectivity index (χ4v) is 3.43. The van der Waals surface area contributed by atoms with Gasteiger partial charge in [0.2, 0.25) is 0 Å². The summed E-state index contributed by atoms with van der Waals surface area (Å²) in [5.41, 5.74) is 2.59. The van der Waals surface area contributed by atoms with Gasteiger partial charge in [0.05, 0.1) is 11.7 Å². The molecular weight excluding hydrogens is 347 g/mol. The van der Waals surface area contributed by atoms with Crippen molar-refractivity contribution in [2.24, 2.45) is 0 Å². The number of benzene rings is 1. The van der Waals surface area contributed by atoms with E-state index < -0.39 is 5.56 Å². The Hall–Kier alpha value is -3.19. The van der Waals surface area contributed by atoms with E-state index in [-0.39, 0.29) is 11.3 Å². The Morgan fingerprint density at radius 1 is 1.19 bits per heavy atom. The molecule has 0 saturated carbocycles. The largest absolute Gasteiger partial charge is 0.425 e. The first-order valence-corrected chi connectivity index (χ1v) is 8.54. The molecule has 0 radical (unpaired) electrons. The quantitative estimate of drug-likeness (QED) is 0.564. The Bertz CT molecular complexity index is 1190. The fraction of sp³-hybridized carbons (Fsp3) is 0.200. The zero-order valence-corrected chi connectivity index (χ0v) is 15.1. The van der Waals surface area contributed by atoms with E-state index in [2.05, 4.69) is 14.5 Å². The summed E-state index contributed by atoms with van der Waals surface area (Å²) in [4.78, 5) is 18.6. The van der Waals surface area contributed by atoms with Gasteiger partial charge in [-0.15, -0.1) is 0 Å². The lowest BCUT2D eigenvalue weighted by molar-refractivity contribution is 0.176. The molecule has 1 N–H and O–H groups in total. The molecule has 0 amide bonds. The van der Waals surface area contributed by atoms with E-state index >= 15 is 0 Å². The van der Waals surface area contributed by atoms with Crippen molar-refractivity contribution in [3.8, 4) is 0 Å². The van der Waals surface area contributed by atoms with Gasteiger partial charge < -0.3 is 14.7 Å². The van der Waals surface area contributed by atoms with E-state index in [1.54, 1.807) is 24.4 Å². The predicted molar refractivity (Wildman–Crippen MR) is 102 cm³/mol. The van der Waals surface area contributed by atoms with E-state index in [9.17, 15) is 14.4 Å². The molecule has 0 unspecified atom stereocenters. The van der Waals surface area contributed by atoms with Crippen molar-refractivity contribution < 1.29 is 9.60 Å². The Kier molecular flexibility index (Phi) is 4.16. The molecule has 0 saturated heterocycles. The number of hydrogen-bond acceptors (Lipinski definition) is 4. The first-order chi connectivity index (χ1) is 12.9. The highest BCUT2D eigenvalue weighted by Crippen LogP contribution is 2.28.